The summed E-state index contributed by atoms with van der Waals surface area (Å²) in [5.41, 5.74) is 3.11. The minimum absolute atomic E-state index is 0.116. The molecule has 138 valence electrons. The number of pyridine rings is 2. The van der Waals surface area contributed by atoms with E-state index in [4.69, 9.17) is 5.26 Å². The van der Waals surface area contributed by atoms with Gasteiger partial charge in [0.05, 0.1) is 41.6 Å². The zero-order valence-corrected chi connectivity index (χ0v) is 15.1. The SMILES string of the molecule is N#Cc1ccc(N2Cc3nn(-c4ccc(N5CCCC5)nc4)cc3C2=O)cn1. The Bertz CT molecular complexity index is 1070. The Balaban J connectivity index is 1.37. The van der Waals surface area contributed by atoms with E-state index >= 15 is 0 Å². The minimum atomic E-state index is -0.116. The largest absolute Gasteiger partial charge is 0.357 e. The fraction of sp³-hybridized carbons (Fsp3) is 0.250. The second kappa shape index (κ2) is 6.46. The molecule has 8 heteroatoms. The van der Waals surface area contributed by atoms with Crippen molar-refractivity contribution < 1.29 is 4.79 Å². The fourth-order valence-corrected chi connectivity index (χ4v) is 3.67. The van der Waals surface area contributed by atoms with E-state index < -0.39 is 0 Å². The smallest absolute Gasteiger partial charge is 0.262 e. The molecule has 1 amide bonds. The first-order valence-corrected chi connectivity index (χ1v) is 9.21. The molecule has 1 fully saturated rings. The zero-order valence-electron chi connectivity index (χ0n) is 15.1. The van der Waals surface area contributed by atoms with Crippen molar-refractivity contribution in [3.8, 4) is 11.8 Å². The third kappa shape index (κ3) is 2.68. The van der Waals surface area contributed by atoms with Crippen LogP contribution in [-0.4, -0.2) is 38.7 Å². The predicted molar refractivity (Wildman–Crippen MR) is 102 cm³/mol. The molecule has 8 nitrogen and oxygen atoms in total. The van der Waals surface area contributed by atoms with Crippen molar-refractivity contribution in [3.63, 3.8) is 0 Å². The molecule has 0 atom stereocenters. The van der Waals surface area contributed by atoms with Crippen LogP contribution in [0.25, 0.3) is 5.69 Å². The Labute approximate surface area is 161 Å². The highest BCUT2D eigenvalue weighted by Gasteiger charge is 2.32. The summed E-state index contributed by atoms with van der Waals surface area (Å²) >= 11 is 0. The van der Waals surface area contributed by atoms with Crippen LogP contribution in [0, 0.1) is 11.3 Å². The highest BCUT2D eigenvalue weighted by atomic mass is 16.2. The van der Waals surface area contributed by atoms with Crippen molar-refractivity contribution >= 4 is 17.4 Å². The van der Waals surface area contributed by atoms with E-state index in [0.717, 1.165) is 30.3 Å². The molecule has 0 unspecified atom stereocenters. The molecule has 0 radical (unpaired) electrons. The van der Waals surface area contributed by atoms with Crippen molar-refractivity contribution in [2.75, 3.05) is 22.9 Å². The Morgan fingerprint density at radius 1 is 1.00 bits per heavy atom. The fourth-order valence-electron chi connectivity index (χ4n) is 3.67. The third-order valence-corrected chi connectivity index (χ3v) is 5.18. The number of carbonyl (C=O) groups is 1. The summed E-state index contributed by atoms with van der Waals surface area (Å²) in [6.07, 6.45) is 7.51. The molecule has 0 spiro atoms. The molecule has 3 aromatic heterocycles. The predicted octanol–water partition coefficient (Wildman–Crippen LogP) is 2.29. The van der Waals surface area contributed by atoms with Crippen LogP contribution in [0.15, 0.2) is 42.9 Å². The molecule has 5 heterocycles. The first-order valence-electron chi connectivity index (χ1n) is 9.21. The van der Waals surface area contributed by atoms with Gasteiger partial charge in [0, 0.05) is 19.3 Å². The van der Waals surface area contributed by atoms with E-state index in [1.807, 2.05) is 18.2 Å². The Kier molecular flexibility index (Phi) is 3.79. The first-order chi connectivity index (χ1) is 13.7. The van der Waals surface area contributed by atoms with Crippen molar-refractivity contribution in [2.24, 2.45) is 0 Å². The molecule has 2 aliphatic heterocycles. The number of carbonyl (C=O) groups excluding carboxylic acids is 1. The third-order valence-electron chi connectivity index (χ3n) is 5.18. The molecular formula is C20H17N7O. The summed E-state index contributed by atoms with van der Waals surface area (Å²) in [4.78, 5) is 25.3. The van der Waals surface area contributed by atoms with Gasteiger partial charge in [-0.3, -0.25) is 4.79 Å². The molecule has 0 bridgehead atoms. The quantitative estimate of drug-likeness (QED) is 0.702. The van der Waals surface area contributed by atoms with Crippen LogP contribution in [0.4, 0.5) is 11.5 Å². The average molecular weight is 371 g/mol. The Morgan fingerprint density at radius 2 is 1.79 bits per heavy atom. The summed E-state index contributed by atoms with van der Waals surface area (Å²) in [5, 5.41) is 13.4. The molecule has 0 aromatic carbocycles. The van der Waals surface area contributed by atoms with Crippen molar-refractivity contribution in [1.29, 1.82) is 5.26 Å². The van der Waals surface area contributed by atoms with Crippen molar-refractivity contribution in [1.82, 2.24) is 19.7 Å². The van der Waals surface area contributed by atoms with Gasteiger partial charge in [0.2, 0.25) is 0 Å². The number of anilines is 2. The van der Waals surface area contributed by atoms with E-state index in [-0.39, 0.29) is 5.91 Å². The van der Waals surface area contributed by atoms with Gasteiger partial charge in [-0.1, -0.05) is 0 Å². The second-order valence-corrected chi connectivity index (χ2v) is 6.91. The topological polar surface area (TPSA) is 90.9 Å². The van der Waals surface area contributed by atoms with Crippen LogP contribution < -0.4 is 9.80 Å². The van der Waals surface area contributed by atoms with Gasteiger partial charge in [0.25, 0.3) is 5.91 Å². The monoisotopic (exact) mass is 371 g/mol. The maximum Gasteiger partial charge on any atom is 0.262 e. The molecule has 1 saturated heterocycles. The van der Waals surface area contributed by atoms with Gasteiger partial charge in [0.15, 0.2) is 0 Å². The summed E-state index contributed by atoms with van der Waals surface area (Å²) in [7, 11) is 0. The zero-order chi connectivity index (χ0) is 19.1. The summed E-state index contributed by atoms with van der Waals surface area (Å²) in [5.74, 6) is 0.867. The van der Waals surface area contributed by atoms with E-state index in [2.05, 4.69) is 20.0 Å². The summed E-state index contributed by atoms with van der Waals surface area (Å²) in [6.45, 7) is 2.49. The second-order valence-electron chi connectivity index (χ2n) is 6.91. The highest BCUT2D eigenvalue weighted by molar-refractivity contribution is 6.09. The van der Waals surface area contributed by atoms with Gasteiger partial charge in [0.1, 0.15) is 17.6 Å². The highest BCUT2D eigenvalue weighted by Crippen LogP contribution is 2.28. The number of rotatable bonds is 3. The van der Waals surface area contributed by atoms with E-state index in [1.54, 1.807) is 34.1 Å². The molecule has 0 N–H and O–H groups in total. The first kappa shape index (κ1) is 16.4. The lowest BCUT2D eigenvalue weighted by molar-refractivity contribution is 0.0996. The molecular weight excluding hydrogens is 354 g/mol. The normalized spacial score (nSPS) is 15.8. The van der Waals surface area contributed by atoms with E-state index in [1.165, 1.54) is 19.0 Å². The van der Waals surface area contributed by atoms with E-state index in [9.17, 15) is 4.79 Å². The number of nitriles is 1. The van der Waals surface area contributed by atoms with Gasteiger partial charge in [-0.15, -0.1) is 0 Å². The average Bonchev–Trinajstić information content (AvgIpc) is 3.47. The van der Waals surface area contributed by atoms with Crippen LogP contribution in [0.5, 0.6) is 0 Å². The summed E-state index contributed by atoms with van der Waals surface area (Å²) in [6, 6.07) is 9.29. The molecule has 0 aliphatic carbocycles. The number of aromatic nitrogens is 4. The number of amides is 1. The van der Waals surface area contributed by atoms with Crippen LogP contribution in [0.3, 0.4) is 0 Å². The molecule has 5 rings (SSSR count). The number of hydrogen-bond donors (Lipinski definition) is 0. The molecule has 2 aliphatic rings. The van der Waals surface area contributed by atoms with Crippen LogP contribution in [0.2, 0.25) is 0 Å². The standard InChI is InChI=1S/C20H17N7O/c21-9-14-3-4-15(10-22-14)26-13-18-17(20(26)28)12-27(24-18)16-5-6-19(23-11-16)25-7-1-2-8-25/h3-6,10-12H,1-2,7-8,13H2. The summed E-state index contributed by atoms with van der Waals surface area (Å²) < 4.78 is 1.71. The Hall–Kier alpha value is -3.73. The van der Waals surface area contributed by atoms with Gasteiger partial charge in [-0.05, 0) is 37.1 Å². The van der Waals surface area contributed by atoms with Crippen molar-refractivity contribution in [3.05, 3.63) is 59.8 Å². The van der Waals surface area contributed by atoms with Crippen LogP contribution in [-0.2, 0) is 6.54 Å². The lowest BCUT2D eigenvalue weighted by Crippen LogP contribution is -2.24. The Morgan fingerprint density at radius 3 is 2.43 bits per heavy atom. The minimum Gasteiger partial charge on any atom is -0.357 e. The lowest BCUT2D eigenvalue weighted by Gasteiger charge is -2.16. The molecule has 3 aromatic rings. The number of hydrogen-bond acceptors (Lipinski definition) is 6. The number of fused-ring (bicyclic) bond motifs is 1. The molecule has 28 heavy (non-hydrogen) atoms. The maximum atomic E-state index is 12.8. The van der Waals surface area contributed by atoms with Crippen LogP contribution in [0.1, 0.15) is 34.6 Å². The van der Waals surface area contributed by atoms with Gasteiger partial charge < -0.3 is 9.80 Å². The molecule has 0 saturated carbocycles. The number of nitrogens with zero attached hydrogens (tertiary/aromatic N) is 7. The van der Waals surface area contributed by atoms with Crippen molar-refractivity contribution in [2.45, 2.75) is 19.4 Å². The maximum absolute atomic E-state index is 12.8. The van der Waals surface area contributed by atoms with E-state index in [0.29, 0.717) is 23.5 Å². The van der Waals surface area contributed by atoms with Gasteiger partial charge in [-0.2, -0.15) is 10.4 Å². The lowest BCUT2D eigenvalue weighted by atomic mass is 10.3. The van der Waals surface area contributed by atoms with Gasteiger partial charge >= 0.3 is 0 Å². The van der Waals surface area contributed by atoms with Crippen LogP contribution >= 0.6 is 0 Å². The van der Waals surface area contributed by atoms with Gasteiger partial charge in [-0.25, -0.2) is 14.6 Å².